The molecule has 0 radical (unpaired) electrons. The molecule has 2 aromatic rings. The van der Waals surface area contributed by atoms with Crippen LogP contribution in [-0.2, 0) is 20.9 Å². The first kappa shape index (κ1) is 28.6. The molecule has 1 heterocycles. The zero-order chi connectivity index (χ0) is 28.7. The van der Waals surface area contributed by atoms with Crippen molar-refractivity contribution in [1.82, 2.24) is 4.90 Å². The third kappa shape index (κ3) is 5.77. The number of hydrogen-bond acceptors (Lipinski definition) is 5. The van der Waals surface area contributed by atoms with E-state index in [4.69, 9.17) is 21.1 Å². The number of para-hydroxylation sites is 1. The van der Waals surface area contributed by atoms with Crippen LogP contribution in [0.4, 0.5) is 0 Å². The molecular weight excluding hydrogens is 522 g/mol. The molecule has 0 unspecified atom stereocenters. The molecule has 0 atom stereocenters. The minimum absolute atomic E-state index is 0.129. The molecule has 5 rings (SSSR count). The maximum Gasteiger partial charge on any atom is 0.162 e. The van der Waals surface area contributed by atoms with Crippen molar-refractivity contribution in [2.75, 3.05) is 20.3 Å². The number of ketones is 2. The topological polar surface area (TPSA) is 55.8 Å². The Morgan fingerprint density at radius 1 is 0.850 bits per heavy atom. The summed E-state index contributed by atoms with van der Waals surface area (Å²) in [7, 11) is 1.71. The SMILES string of the molecule is COCCCN1C2=C(C(=O)CC(C)(C)C2)C(c2ccccc2OCc2ccc(Cl)cc2)C2=C1CC(C)(C)CC2=O. The number of ether oxygens (including phenoxy) is 2. The first-order valence-electron chi connectivity index (χ1n) is 14.2. The van der Waals surface area contributed by atoms with E-state index >= 15 is 0 Å². The number of hydrogen-bond donors (Lipinski definition) is 0. The van der Waals surface area contributed by atoms with Crippen molar-refractivity contribution in [3.05, 3.63) is 87.2 Å². The second-order valence-corrected chi connectivity index (χ2v) is 13.4. The largest absolute Gasteiger partial charge is 0.489 e. The van der Waals surface area contributed by atoms with E-state index in [0.29, 0.717) is 36.8 Å². The number of carbonyl (C=O) groups excluding carboxylic acids is 2. The van der Waals surface area contributed by atoms with E-state index < -0.39 is 5.92 Å². The standard InChI is InChI=1S/C34H40ClNO4/c1-33(2)17-25-31(27(37)19-33)30(24-9-6-7-10-29(24)40-21-22-11-13-23(35)14-12-22)32-26(36(25)15-8-16-39-5)18-34(3,4)20-28(32)38/h6-7,9-14,30H,8,15-21H2,1-5H3. The van der Waals surface area contributed by atoms with Gasteiger partial charge in [-0.05, 0) is 53.9 Å². The molecule has 0 N–H and O–H groups in total. The highest BCUT2D eigenvalue weighted by Gasteiger charge is 2.49. The first-order valence-corrected chi connectivity index (χ1v) is 14.6. The highest BCUT2D eigenvalue weighted by atomic mass is 35.5. The van der Waals surface area contributed by atoms with Crippen LogP contribution in [0.5, 0.6) is 5.75 Å². The molecule has 0 aromatic heterocycles. The van der Waals surface area contributed by atoms with Crippen molar-refractivity contribution in [2.24, 2.45) is 10.8 Å². The maximum absolute atomic E-state index is 14.0. The Morgan fingerprint density at radius 2 is 1.43 bits per heavy atom. The average molecular weight is 562 g/mol. The lowest BCUT2D eigenvalue weighted by Gasteiger charge is -2.49. The molecule has 0 bridgehead atoms. The molecule has 0 saturated carbocycles. The molecule has 40 heavy (non-hydrogen) atoms. The van der Waals surface area contributed by atoms with Gasteiger partial charge in [-0.1, -0.05) is 69.6 Å². The molecule has 1 aliphatic heterocycles. The predicted octanol–water partition coefficient (Wildman–Crippen LogP) is 7.64. The Labute approximate surface area is 243 Å². The Morgan fingerprint density at radius 3 is 2.00 bits per heavy atom. The molecule has 212 valence electrons. The van der Waals surface area contributed by atoms with Gasteiger partial charge in [0.05, 0.1) is 0 Å². The Kier molecular flexibility index (Phi) is 8.00. The number of halogens is 1. The molecule has 2 aromatic carbocycles. The highest BCUT2D eigenvalue weighted by Crippen LogP contribution is 2.55. The van der Waals surface area contributed by atoms with E-state index in [1.165, 1.54) is 0 Å². The van der Waals surface area contributed by atoms with Crippen molar-refractivity contribution >= 4 is 23.2 Å². The van der Waals surface area contributed by atoms with E-state index in [2.05, 4.69) is 32.6 Å². The number of benzene rings is 2. The fraction of sp³-hybridized carbons (Fsp3) is 0.471. The Bertz CT molecular complexity index is 1310. The molecule has 2 aliphatic carbocycles. The first-order chi connectivity index (χ1) is 19.0. The van der Waals surface area contributed by atoms with E-state index in [0.717, 1.165) is 59.5 Å². The van der Waals surface area contributed by atoms with Gasteiger partial charge in [0.25, 0.3) is 0 Å². The van der Waals surface area contributed by atoms with Crippen LogP contribution in [0.2, 0.25) is 5.02 Å². The minimum Gasteiger partial charge on any atom is -0.489 e. The highest BCUT2D eigenvalue weighted by molar-refractivity contribution is 6.30. The maximum atomic E-state index is 14.0. The molecule has 5 nitrogen and oxygen atoms in total. The van der Waals surface area contributed by atoms with E-state index in [-0.39, 0.29) is 22.4 Å². The van der Waals surface area contributed by atoms with Crippen LogP contribution in [0, 0.1) is 10.8 Å². The lowest BCUT2D eigenvalue weighted by molar-refractivity contribution is -0.119. The van der Waals surface area contributed by atoms with Gasteiger partial charge in [0, 0.05) is 72.1 Å². The third-order valence-electron chi connectivity index (χ3n) is 8.29. The predicted molar refractivity (Wildman–Crippen MR) is 158 cm³/mol. The Balaban J connectivity index is 1.65. The summed E-state index contributed by atoms with van der Waals surface area (Å²) < 4.78 is 11.8. The van der Waals surface area contributed by atoms with Crippen LogP contribution in [0.1, 0.15) is 76.8 Å². The monoisotopic (exact) mass is 561 g/mol. The summed E-state index contributed by atoms with van der Waals surface area (Å²) in [5, 5.41) is 0.679. The zero-order valence-electron chi connectivity index (χ0n) is 24.3. The van der Waals surface area contributed by atoms with Gasteiger partial charge in [0.1, 0.15) is 12.4 Å². The second kappa shape index (κ2) is 11.2. The molecular formula is C34H40ClNO4. The number of carbonyl (C=O) groups is 2. The van der Waals surface area contributed by atoms with Crippen molar-refractivity contribution in [1.29, 1.82) is 0 Å². The molecule has 0 fully saturated rings. The number of nitrogens with zero attached hydrogens (tertiary/aromatic N) is 1. The van der Waals surface area contributed by atoms with Crippen molar-refractivity contribution in [2.45, 2.75) is 72.3 Å². The van der Waals surface area contributed by atoms with Crippen LogP contribution in [0.25, 0.3) is 0 Å². The zero-order valence-corrected chi connectivity index (χ0v) is 25.1. The van der Waals surface area contributed by atoms with Crippen LogP contribution in [-0.4, -0.2) is 36.7 Å². The van der Waals surface area contributed by atoms with Crippen LogP contribution in [0.15, 0.2) is 71.1 Å². The molecule has 6 heteroatoms. The van der Waals surface area contributed by atoms with Gasteiger partial charge in [0.2, 0.25) is 0 Å². The molecule has 3 aliphatic rings. The van der Waals surface area contributed by atoms with Crippen LogP contribution >= 0.6 is 11.6 Å². The van der Waals surface area contributed by atoms with Gasteiger partial charge in [-0.25, -0.2) is 0 Å². The molecule has 0 saturated heterocycles. The fourth-order valence-corrected chi connectivity index (χ4v) is 6.71. The second-order valence-electron chi connectivity index (χ2n) is 13.0. The third-order valence-corrected chi connectivity index (χ3v) is 8.54. The van der Waals surface area contributed by atoms with Crippen molar-refractivity contribution in [3.8, 4) is 5.75 Å². The average Bonchev–Trinajstić information content (AvgIpc) is 2.87. The Hall–Kier alpha value is -2.89. The van der Waals surface area contributed by atoms with Crippen LogP contribution in [0.3, 0.4) is 0 Å². The van der Waals surface area contributed by atoms with Gasteiger partial charge < -0.3 is 14.4 Å². The lowest BCUT2D eigenvalue weighted by atomic mass is 9.63. The van der Waals surface area contributed by atoms with Gasteiger partial charge in [-0.3, -0.25) is 9.59 Å². The summed E-state index contributed by atoms with van der Waals surface area (Å²) in [6, 6.07) is 15.5. The van der Waals surface area contributed by atoms with Gasteiger partial charge in [-0.2, -0.15) is 0 Å². The summed E-state index contributed by atoms with van der Waals surface area (Å²) in [6.45, 7) is 10.4. The number of rotatable bonds is 8. The van der Waals surface area contributed by atoms with Crippen LogP contribution < -0.4 is 4.74 Å². The summed E-state index contributed by atoms with van der Waals surface area (Å²) in [6.07, 6.45) is 3.32. The normalized spacial score (nSPS) is 20.5. The quantitative estimate of drug-likeness (QED) is 0.310. The van der Waals surface area contributed by atoms with E-state index in [1.54, 1.807) is 7.11 Å². The smallest absolute Gasteiger partial charge is 0.162 e. The van der Waals surface area contributed by atoms with Gasteiger partial charge in [0.15, 0.2) is 11.6 Å². The number of allylic oxidation sites excluding steroid dienone is 4. The summed E-state index contributed by atoms with van der Waals surface area (Å²) in [5.41, 5.74) is 5.25. The minimum atomic E-state index is -0.433. The summed E-state index contributed by atoms with van der Waals surface area (Å²) >= 11 is 6.08. The van der Waals surface area contributed by atoms with E-state index in [1.807, 2.05) is 48.5 Å². The van der Waals surface area contributed by atoms with Gasteiger partial charge in [-0.15, -0.1) is 0 Å². The number of methoxy groups -OCH3 is 1. The molecule has 0 amide bonds. The van der Waals surface area contributed by atoms with Gasteiger partial charge >= 0.3 is 0 Å². The molecule has 0 spiro atoms. The fourth-order valence-electron chi connectivity index (χ4n) is 6.59. The summed E-state index contributed by atoms with van der Waals surface area (Å²) in [5.74, 6) is 0.524. The van der Waals surface area contributed by atoms with Crippen molar-refractivity contribution < 1.29 is 19.1 Å². The summed E-state index contributed by atoms with van der Waals surface area (Å²) in [4.78, 5) is 30.4. The van der Waals surface area contributed by atoms with Crippen molar-refractivity contribution in [3.63, 3.8) is 0 Å². The lowest BCUT2D eigenvalue weighted by Crippen LogP contribution is -2.44. The van der Waals surface area contributed by atoms with E-state index in [9.17, 15) is 9.59 Å². The number of Topliss-reactive ketones (excluding diaryl/α,β-unsaturated/α-hetero) is 2.